The molecular formula is C23H29ClN8O3. The summed E-state index contributed by atoms with van der Waals surface area (Å²) in [6.07, 6.45) is 5.74. The number of aliphatic hydroxyl groups excluding tert-OH is 1. The molecule has 0 spiro atoms. The number of anilines is 3. The lowest BCUT2D eigenvalue weighted by molar-refractivity contribution is 0.0448. The van der Waals surface area contributed by atoms with E-state index in [-0.39, 0.29) is 29.1 Å². The molecule has 0 bridgehead atoms. The number of aromatic nitrogens is 4. The molecule has 5 rings (SSSR count). The molecule has 4 heterocycles. The van der Waals surface area contributed by atoms with E-state index in [0.29, 0.717) is 34.4 Å². The van der Waals surface area contributed by atoms with Crippen molar-refractivity contribution in [3.05, 3.63) is 45.5 Å². The molecule has 2 fully saturated rings. The van der Waals surface area contributed by atoms with Crippen LogP contribution in [-0.4, -0.2) is 74.4 Å². The van der Waals surface area contributed by atoms with Gasteiger partial charge in [-0.05, 0) is 51.9 Å². The number of halogens is 1. The van der Waals surface area contributed by atoms with Gasteiger partial charge in [-0.15, -0.1) is 0 Å². The first kappa shape index (κ1) is 23.6. The van der Waals surface area contributed by atoms with Crippen LogP contribution in [-0.2, 0) is 0 Å². The summed E-state index contributed by atoms with van der Waals surface area (Å²) in [7, 11) is 3.81. The molecule has 1 saturated heterocycles. The maximum absolute atomic E-state index is 13.3. The number of hydrogen-bond donors (Lipinski definition) is 4. The SMILES string of the molecule is CNc1cc(Nc2cc(Cl)cn(C3CCN(C)CC3)c2=O)nc2c(C(=O)N[C@@H]3CC[C@@H]3O)cnn12. The summed E-state index contributed by atoms with van der Waals surface area (Å²) in [5.74, 6) is 0.593. The molecule has 11 nitrogen and oxygen atoms in total. The molecule has 0 aromatic carbocycles. The minimum atomic E-state index is -0.534. The van der Waals surface area contributed by atoms with Gasteiger partial charge in [-0.25, -0.2) is 4.98 Å². The lowest BCUT2D eigenvalue weighted by Gasteiger charge is -2.32. The monoisotopic (exact) mass is 500 g/mol. The van der Waals surface area contributed by atoms with Gasteiger partial charge in [0.15, 0.2) is 5.65 Å². The minimum Gasteiger partial charge on any atom is -0.391 e. The summed E-state index contributed by atoms with van der Waals surface area (Å²) in [6.45, 7) is 1.83. The fraction of sp³-hybridized carbons (Fsp3) is 0.478. The molecule has 3 aromatic heterocycles. The van der Waals surface area contributed by atoms with Gasteiger partial charge in [-0.1, -0.05) is 11.6 Å². The Kier molecular flexibility index (Phi) is 6.39. The van der Waals surface area contributed by atoms with Crippen molar-refractivity contribution in [2.75, 3.05) is 37.8 Å². The van der Waals surface area contributed by atoms with Gasteiger partial charge in [0, 0.05) is 25.4 Å². The molecule has 2 aliphatic rings. The number of piperidine rings is 1. The van der Waals surface area contributed by atoms with Gasteiger partial charge >= 0.3 is 0 Å². The normalized spacial score (nSPS) is 21.0. The Morgan fingerprint density at radius 3 is 2.63 bits per heavy atom. The molecule has 186 valence electrons. The summed E-state index contributed by atoms with van der Waals surface area (Å²) < 4.78 is 3.23. The maximum Gasteiger partial charge on any atom is 0.274 e. The van der Waals surface area contributed by atoms with Gasteiger partial charge in [-0.3, -0.25) is 9.59 Å². The number of carbonyl (C=O) groups is 1. The number of hydrogen-bond acceptors (Lipinski definition) is 8. The van der Waals surface area contributed by atoms with E-state index in [4.69, 9.17) is 11.6 Å². The highest BCUT2D eigenvalue weighted by Crippen LogP contribution is 2.26. The predicted molar refractivity (Wildman–Crippen MR) is 134 cm³/mol. The summed E-state index contributed by atoms with van der Waals surface area (Å²) in [6, 6.07) is 3.10. The number of amides is 1. The van der Waals surface area contributed by atoms with Crippen LogP contribution in [0.4, 0.5) is 17.3 Å². The maximum atomic E-state index is 13.3. The second-order valence-corrected chi connectivity index (χ2v) is 9.68. The highest BCUT2D eigenvalue weighted by atomic mass is 35.5. The molecule has 1 amide bonds. The van der Waals surface area contributed by atoms with Crippen LogP contribution in [0.2, 0.25) is 5.02 Å². The number of rotatable bonds is 6. The topological polar surface area (TPSA) is 129 Å². The van der Waals surface area contributed by atoms with Crippen LogP contribution >= 0.6 is 11.6 Å². The van der Waals surface area contributed by atoms with Gasteiger partial charge in [0.2, 0.25) is 0 Å². The van der Waals surface area contributed by atoms with Crippen molar-refractivity contribution in [2.24, 2.45) is 0 Å². The van der Waals surface area contributed by atoms with Gasteiger partial charge in [0.1, 0.15) is 22.9 Å². The third-order valence-corrected chi connectivity index (χ3v) is 7.09. The average molecular weight is 501 g/mol. The second-order valence-electron chi connectivity index (χ2n) is 9.24. The third-order valence-electron chi connectivity index (χ3n) is 6.88. The first-order chi connectivity index (χ1) is 16.8. The van der Waals surface area contributed by atoms with E-state index in [2.05, 4.69) is 38.0 Å². The van der Waals surface area contributed by atoms with Gasteiger partial charge in [-0.2, -0.15) is 9.61 Å². The Balaban J connectivity index is 1.47. The Morgan fingerprint density at radius 1 is 1.20 bits per heavy atom. The average Bonchev–Trinajstić information content (AvgIpc) is 3.27. The highest BCUT2D eigenvalue weighted by Gasteiger charge is 2.31. The van der Waals surface area contributed by atoms with Crippen LogP contribution in [0.15, 0.2) is 29.3 Å². The molecular weight excluding hydrogens is 472 g/mol. The fourth-order valence-electron chi connectivity index (χ4n) is 4.60. The summed E-state index contributed by atoms with van der Waals surface area (Å²) in [5.41, 5.74) is 0.725. The predicted octanol–water partition coefficient (Wildman–Crippen LogP) is 1.85. The third kappa shape index (κ3) is 4.58. The molecule has 1 saturated carbocycles. The molecule has 1 aliphatic heterocycles. The molecule has 0 radical (unpaired) electrons. The van der Waals surface area contributed by atoms with Gasteiger partial charge in [0.05, 0.1) is 23.4 Å². The summed E-state index contributed by atoms with van der Waals surface area (Å²) >= 11 is 6.39. The van der Waals surface area contributed by atoms with E-state index in [1.807, 2.05) is 0 Å². The Hall–Kier alpha value is -3.15. The number of aliphatic hydroxyl groups is 1. The number of carbonyl (C=O) groups excluding carboxylic acids is 1. The molecule has 4 N–H and O–H groups in total. The lowest BCUT2D eigenvalue weighted by atomic mass is 9.89. The Bertz CT molecular complexity index is 1310. The van der Waals surface area contributed by atoms with Gasteiger partial charge < -0.3 is 30.5 Å². The van der Waals surface area contributed by atoms with Crippen molar-refractivity contribution in [3.63, 3.8) is 0 Å². The first-order valence-corrected chi connectivity index (χ1v) is 12.1. The van der Waals surface area contributed by atoms with Crippen molar-refractivity contribution in [2.45, 2.75) is 43.9 Å². The fourth-order valence-corrected chi connectivity index (χ4v) is 4.82. The summed E-state index contributed by atoms with van der Waals surface area (Å²) in [4.78, 5) is 33.0. The number of pyridine rings is 1. The zero-order chi connectivity index (χ0) is 24.7. The van der Waals surface area contributed by atoms with Crippen molar-refractivity contribution in [1.29, 1.82) is 0 Å². The molecule has 1 aliphatic carbocycles. The van der Waals surface area contributed by atoms with E-state index >= 15 is 0 Å². The number of likely N-dealkylation sites (tertiary alicyclic amines) is 1. The molecule has 0 unspecified atom stereocenters. The first-order valence-electron chi connectivity index (χ1n) is 11.8. The van der Waals surface area contributed by atoms with Crippen LogP contribution < -0.4 is 21.5 Å². The largest absolute Gasteiger partial charge is 0.391 e. The smallest absolute Gasteiger partial charge is 0.274 e. The van der Waals surface area contributed by atoms with E-state index in [0.717, 1.165) is 32.4 Å². The second kappa shape index (κ2) is 9.48. The van der Waals surface area contributed by atoms with Crippen molar-refractivity contribution >= 4 is 40.5 Å². The van der Waals surface area contributed by atoms with Crippen molar-refractivity contribution < 1.29 is 9.90 Å². The quantitative estimate of drug-likeness (QED) is 0.403. The number of nitrogens with zero attached hydrogens (tertiary/aromatic N) is 5. The standard InChI is InChI=1S/C23H29ClN8O3/c1-25-20-10-19(29-21-15(11-26-32(20)21)22(34)28-16-3-4-18(16)33)27-17-9-13(24)12-31(23(17)35)14-5-7-30(2)8-6-14/h9-12,14,16,18,25,33H,3-8H2,1-2H3,(H,27,29)(H,28,34)/t16-,18+/m1/s1. The van der Waals surface area contributed by atoms with Crippen molar-refractivity contribution in [1.82, 2.24) is 29.4 Å². The molecule has 3 aromatic rings. The van der Waals surface area contributed by atoms with E-state index in [9.17, 15) is 14.7 Å². The van der Waals surface area contributed by atoms with Crippen LogP contribution in [0.5, 0.6) is 0 Å². The Labute approximate surface area is 207 Å². The lowest BCUT2D eigenvalue weighted by Crippen LogP contribution is -2.50. The zero-order valence-electron chi connectivity index (χ0n) is 19.7. The molecule has 12 heteroatoms. The summed E-state index contributed by atoms with van der Waals surface area (Å²) in [5, 5.41) is 23.5. The van der Waals surface area contributed by atoms with E-state index in [1.54, 1.807) is 29.9 Å². The van der Waals surface area contributed by atoms with Crippen LogP contribution in [0.25, 0.3) is 5.65 Å². The van der Waals surface area contributed by atoms with Crippen molar-refractivity contribution in [3.8, 4) is 0 Å². The minimum absolute atomic E-state index is 0.0771. The van der Waals surface area contributed by atoms with Gasteiger partial charge in [0.25, 0.3) is 11.5 Å². The van der Waals surface area contributed by atoms with Crippen LogP contribution in [0.3, 0.4) is 0 Å². The van der Waals surface area contributed by atoms with Crippen LogP contribution in [0.1, 0.15) is 42.1 Å². The Morgan fingerprint density at radius 2 is 1.97 bits per heavy atom. The van der Waals surface area contributed by atoms with E-state index in [1.165, 1.54) is 10.7 Å². The molecule has 35 heavy (non-hydrogen) atoms. The molecule has 2 atom stereocenters. The number of fused-ring (bicyclic) bond motifs is 1. The zero-order valence-corrected chi connectivity index (χ0v) is 20.4. The van der Waals surface area contributed by atoms with E-state index < -0.39 is 6.10 Å². The van der Waals surface area contributed by atoms with Crippen LogP contribution in [0, 0.1) is 0 Å². The number of nitrogens with one attached hydrogen (secondary N) is 3. The highest BCUT2D eigenvalue weighted by molar-refractivity contribution is 6.30.